The van der Waals surface area contributed by atoms with Crippen LogP contribution < -0.4 is 23.5 Å². The molecule has 0 aliphatic heterocycles. The molecule has 2 rings (SSSR count). The van der Waals surface area contributed by atoms with Gasteiger partial charge in [0.1, 0.15) is 11.4 Å². The summed E-state index contributed by atoms with van der Waals surface area (Å²) in [6.07, 6.45) is 0.983. The van der Waals surface area contributed by atoms with Crippen LogP contribution in [0.2, 0.25) is 0 Å². The molecule has 0 aliphatic carbocycles. The van der Waals surface area contributed by atoms with Gasteiger partial charge in [-0.25, -0.2) is 28.1 Å². The van der Waals surface area contributed by atoms with E-state index in [1.54, 1.807) is 0 Å². The maximum atomic E-state index is 8.49. The summed E-state index contributed by atoms with van der Waals surface area (Å²) >= 11 is 0. The van der Waals surface area contributed by atoms with Crippen LogP contribution in [0.15, 0.2) is 60.7 Å². The molecular formula is C17H21ClN2O4. The third-order valence-electron chi connectivity index (χ3n) is 3.38. The van der Waals surface area contributed by atoms with Gasteiger partial charge < -0.3 is 0 Å². The van der Waals surface area contributed by atoms with Crippen LogP contribution in [-0.4, -0.2) is 24.5 Å². The maximum absolute atomic E-state index is 8.49. The molecule has 0 aliphatic rings. The topological polar surface area (TPSA) is 98.5 Å². The molecule has 24 heavy (non-hydrogen) atoms. The molecule has 0 saturated carbocycles. The van der Waals surface area contributed by atoms with Crippen LogP contribution in [0.5, 0.6) is 0 Å². The van der Waals surface area contributed by atoms with E-state index >= 15 is 0 Å². The standard InChI is InChI=1S/C17H21N2.ClHO4/c1-4-17(18(2)15-11-7-5-8-12-15)19(3)16-13-9-6-10-14-16;2-1(3,4)5/h5-14H,4H2,1-3H3;(H,2,3,4,5)/q+1;/p-1. The lowest BCUT2D eigenvalue weighted by Crippen LogP contribution is -2.68. The number of para-hydroxylation sites is 2. The summed E-state index contributed by atoms with van der Waals surface area (Å²) in [5.41, 5.74) is 2.42. The lowest BCUT2D eigenvalue weighted by atomic mass is 10.2. The molecule has 0 unspecified atom stereocenters. The van der Waals surface area contributed by atoms with Gasteiger partial charge in [0.05, 0.1) is 14.1 Å². The smallest absolute Gasteiger partial charge is 0.234 e. The molecule has 0 bridgehead atoms. The first-order valence-electron chi connectivity index (χ1n) is 7.29. The van der Waals surface area contributed by atoms with Gasteiger partial charge in [-0.05, 0) is 24.3 Å². The van der Waals surface area contributed by atoms with E-state index in [9.17, 15) is 0 Å². The highest BCUT2D eigenvalue weighted by Gasteiger charge is 2.18. The Labute approximate surface area is 144 Å². The van der Waals surface area contributed by atoms with Crippen LogP contribution in [0, 0.1) is 10.2 Å². The average molecular weight is 353 g/mol. The van der Waals surface area contributed by atoms with Crippen LogP contribution in [-0.2, 0) is 0 Å². The molecule has 0 heterocycles. The predicted octanol–water partition coefficient (Wildman–Crippen LogP) is -0.851. The first-order valence-corrected chi connectivity index (χ1v) is 8.52. The largest absolute Gasteiger partial charge is 0.256 e. The van der Waals surface area contributed by atoms with Gasteiger partial charge in [0.25, 0.3) is 5.84 Å². The Morgan fingerprint density at radius 1 is 0.917 bits per heavy atom. The van der Waals surface area contributed by atoms with Crippen molar-refractivity contribution < 1.29 is 33.5 Å². The zero-order chi connectivity index (χ0) is 18.2. The summed E-state index contributed by atoms with van der Waals surface area (Å²) < 4.78 is 36.2. The number of amidine groups is 1. The monoisotopic (exact) mass is 352 g/mol. The summed E-state index contributed by atoms with van der Waals surface area (Å²) in [6.45, 7) is 2.19. The van der Waals surface area contributed by atoms with Crippen molar-refractivity contribution in [3.05, 3.63) is 60.7 Å². The Balaban J connectivity index is 0.000000505. The molecule has 0 atom stereocenters. The Morgan fingerprint density at radius 2 is 1.33 bits per heavy atom. The number of benzene rings is 2. The number of anilines is 1. The maximum Gasteiger partial charge on any atom is 0.256 e. The first-order chi connectivity index (χ1) is 11.2. The fourth-order valence-corrected chi connectivity index (χ4v) is 2.30. The van der Waals surface area contributed by atoms with E-state index in [4.69, 9.17) is 18.6 Å². The zero-order valence-electron chi connectivity index (χ0n) is 13.9. The summed E-state index contributed by atoms with van der Waals surface area (Å²) in [4.78, 5) is 2.24. The minimum Gasteiger partial charge on any atom is -0.234 e. The predicted molar refractivity (Wildman–Crippen MR) is 82.4 cm³/mol. The van der Waals surface area contributed by atoms with Crippen molar-refractivity contribution in [3.8, 4) is 0 Å². The highest BCUT2D eigenvalue weighted by molar-refractivity contribution is 5.94. The molecule has 0 spiro atoms. The Morgan fingerprint density at radius 3 is 1.75 bits per heavy atom. The number of rotatable bonds is 3. The second-order valence-electron chi connectivity index (χ2n) is 4.94. The van der Waals surface area contributed by atoms with E-state index in [0.29, 0.717) is 0 Å². The highest BCUT2D eigenvalue weighted by Crippen LogP contribution is 2.16. The van der Waals surface area contributed by atoms with E-state index in [1.807, 2.05) is 12.1 Å². The molecule has 0 amide bonds. The van der Waals surface area contributed by atoms with Gasteiger partial charge in [-0.1, -0.05) is 43.3 Å². The number of hydrogen-bond donors (Lipinski definition) is 0. The molecule has 0 aromatic heterocycles. The van der Waals surface area contributed by atoms with Gasteiger partial charge in [-0.15, -0.1) is 10.2 Å². The minimum absolute atomic E-state index is 0.983. The van der Waals surface area contributed by atoms with E-state index in [0.717, 1.165) is 6.42 Å². The van der Waals surface area contributed by atoms with Crippen molar-refractivity contribution in [2.75, 3.05) is 19.0 Å². The van der Waals surface area contributed by atoms with E-state index in [1.165, 1.54) is 17.2 Å². The second kappa shape index (κ2) is 9.36. The Kier molecular flexibility index (Phi) is 7.84. The number of halogens is 1. The van der Waals surface area contributed by atoms with Crippen LogP contribution >= 0.6 is 0 Å². The molecule has 0 saturated heterocycles. The van der Waals surface area contributed by atoms with E-state index in [2.05, 4.69) is 79.0 Å². The highest BCUT2D eigenvalue weighted by atomic mass is 35.7. The van der Waals surface area contributed by atoms with Crippen molar-refractivity contribution in [1.29, 1.82) is 0 Å². The van der Waals surface area contributed by atoms with Crippen molar-refractivity contribution in [1.82, 2.24) is 0 Å². The van der Waals surface area contributed by atoms with Gasteiger partial charge >= 0.3 is 0 Å². The third kappa shape index (κ3) is 7.08. The van der Waals surface area contributed by atoms with E-state index in [-0.39, 0.29) is 0 Å². The van der Waals surface area contributed by atoms with Gasteiger partial charge in [0.2, 0.25) is 0 Å². The Hall–Kier alpha value is -1.96. The summed E-state index contributed by atoms with van der Waals surface area (Å²) in [7, 11) is -0.707. The summed E-state index contributed by atoms with van der Waals surface area (Å²) in [5.74, 6) is 1.28. The summed E-state index contributed by atoms with van der Waals surface area (Å²) in [5, 5.41) is 0. The van der Waals surface area contributed by atoms with Crippen molar-refractivity contribution in [2.24, 2.45) is 0 Å². The Bertz CT molecular complexity index is 637. The molecule has 130 valence electrons. The van der Waals surface area contributed by atoms with Gasteiger partial charge in [-0.3, -0.25) is 0 Å². The molecule has 0 radical (unpaired) electrons. The fourth-order valence-electron chi connectivity index (χ4n) is 2.30. The van der Waals surface area contributed by atoms with Gasteiger partial charge in [0.15, 0.2) is 0 Å². The van der Waals surface area contributed by atoms with Crippen LogP contribution in [0.1, 0.15) is 13.3 Å². The lowest BCUT2D eigenvalue weighted by molar-refractivity contribution is -2.00. The van der Waals surface area contributed by atoms with Crippen LogP contribution in [0.3, 0.4) is 0 Å². The van der Waals surface area contributed by atoms with E-state index < -0.39 is 10.2 Å². The SMILES string of the molecule is CCC(N(C)c1ccccc1)=[N+](C)c1ccccc1.[O-][Cl+3]([O-])([O-])[O-]. The van der Waals surface area contributed by atoms with Crippen molar-refractivity contribution in [3.63, 3.8) is 0 Å². The zero-order valence-corrected chi connectivity index (χ0v) is 14.6. The normalized spacial score (nSPS) is 12.0. The lowest BCUT2D eigenvalue weighted by Gasteiger charge is -2.17. The third-order valence-corrected chi connectivity index (χ3v) is 3.38. The van der Waals surface area contributed by atoms with Crippen molar-refractivity contribution in [2.45, 2.75) is 13.3 Å². The van der Waals surface area contributed by atoms with Crippen LogP contribution in [0.25, 0.3) is 0 Å². The second-order valence-corrected chi connectivity index (χ2v) is 5.69. The molecule has 0 fully saturated rings. The number of nitrogens with zero attached hydrogens (tertiary/aromatic N) is 2. The quantitative estimate of drug-likeness (QED) is 0.407. The fraction of sp³-hybridized carbons (Fsp3) is 0.235. The average Bonchev–Trinajstić information content (AvgIpc) is 2.55. The van der Waals surface area contributed by atoms with Gasteiger partial charge in [-0.2, -0.15) is 0 Å². The minimum atomic E-state index is -4.94. The van der Waals surface area contributed by atoms with Crippen molar-refractivity contribution >= 4 is 17.2 Å². The molecule has 0 N–H and O–H groups in total. The molecule has 2 aromatic rings. The molecule has 6 nitrogen and oxygen atoms in total. The molecule has 2 aromatic carbocycles. The van der Waals surface area contributed by atoms with Crippen LogP contribution in [0.4, 0.5) is 11.4 Å². The molecular weight excluding hydrogens is 332 g/mol. The van der Waals surface area contributed by atoms with Gasteiger partial charge in [0, 0.05) is 6.42 Å². The number of hydrogen-bond acceptors (Lipinski definition) is 4. The first kappa shape index (κ1) is 20.1. The summed E-state index contributed by atoms with van der Waals surface area (Å²) in [6, 6.07) is 20.9. The molecule has 7 heteroatoms.